The maximum atomic E-state index is 5.53. The molecule has 2 heterocycles. The minimum Gasteiger partial charge on any atom is -0.381 e. The minimum atomic E-state index is 0.237. The third-order valence-electron chi connectivity index (χ3n) is 2.87. The number of ether oxygens (including phenoxy) is 1. The van der Waals surface area contributed by atoms with Crippen molar-refractivity contribution in [2.24, 2.45) is 5.41 Å². The van der Waals surface area contributed by atoms with Crippen molar-refractivity contribution in [3.05, 3.63) is 4.73 Å². The van der Waals surface area contributed by atoms with E-state index in [0.717, 1.165) is 32.6 Å². The van der Waals surface area contributed by atoms with Crippen LogP contribution < -0.4 is 5.73 Å². The van der Waals surface area contributed by atoms with Gasteiger partial charge in [0.15, 0.2) is 4.73 Å². The van der Waals surface area contributed by atoms with Crippen LogP contribution in [0.3, 0.4) is 0 Å². The lowest BCUT2D eigenvalue weighted by Gasteiger charge is -2.33. The van der Waals surface area contributed by atoms with Crippen molar-refractivity contribution in [1.82, 2.24) is 14.8 Å². The number of hydrogen-bond donors (Lipinski definition) is 1. The molecule has 0 saturated carbocycles. The Morgan fingerprint density at radius 1 is 1.53 bits per heavy atom. The molecule has 0 radical (unpaired) electrons. The summed E-state index contributed by atoms with van der Waals surface area (Å²) in [5.74, 6) is 0.317. The number of rotatable bonds is 2. The summed E-state index contributed by atoms with van der Waals surface area (Å²) in [6.45, 7) is 4.75. The molecule has 1 saturated heterocycles. The summed E-state index contributed by atoms with van der Waals surface area (Å²) in [5.41, 5.74) is 5.77. The Balaban J connectivity index is 2.09. The quantitative estimate of drug-likeness (QED) is 0.887. The molecule has 1 fully saturated rings. The fourth-order valence-corrected chi connectivity index (χ4v) is 2.21. The SMILES string of the molecule is CC1(Cn2nc(N)nc2Br)CCOCC1. The van der Waals surface area contributed by atoms with Crippen LogP contribution in [0.4, 0.5) is 5.95 Å². The fraction of sp³-hybridized carbons (Fsp3) is 0.778. The molecule has 2 N–H and O–H groups in total. The van der Waals surface area contributed by atoms with Crippen molar-refractivity contribution < 1.29 is 4.74 Å². The van der Waals surface area contributed by atoms with Crippen LogP contribution in [-0.2, 0) is 11.3 Å². The summed E-state index contributed by atoms with van der Waals surface area (Å²) in [5, 5.41) is 4.15. The summed E-state index contributed by atoms with van der Waals surface area (Å²) in [6, 6.07) is 0. The molecular weight excluding hydrogens is 260 g/mol. The maximum absolute atomic E-state index is 5.53. The van der Waals surface area contributed by atoms with Gasteiger partial charge in [-0.05, 0) is 34.2 Å². The fourth-order valence-electron chi connectivity index (χ4n) is 1.82. The molecule has 0 bridgehead atoms. The third kappa shape index (κ3) is 2.49. The van der Waals surface area contributed by atoms with Gasteiger partial charge in [0.25, 0.3) is 0 Å². The van der Waals surface area contributed by atoms with E-state index in [-0.39, 0.29) is 5.41 Å². The van der Waals surface area contributed by atoms with Gasteiger partial charge in [-0.25, -0.2) is 4.68 Å². The zero-order chi connectivity index (χ0) is 10.9. The molecule has 0 unspecified atom stereocenters. The van der Waals surface area contributed by atoms with Gasteiger partial charge in [-0.1, -0.05) is 6.92 Å². The van der Waals surface area contributed by atoms with Crippen LogP contribution in [-0.4, -0.2) is 28.0 Å². The molecule has 1 aromatic heterocycles. The lowest BCUT2D eigenvalue weighted by molar-refractivity contribution is 0.0135. The van der Waals surface area contributed by atoms with Gasteiger partial charge >= 0.3 is 0 Å². The minimum absolute atomic E-state index is 0.237. The summed E-state index contributed by atoms with van der Waals surface area (Å²) in [7, 11) is 0. The zero-order valence-corrected chi connectivity index (χ0v) is 10.3. The molecule has 0 aliphatic carbocycles. The third-order valence-corrected chi connectivity index (χ3v) is 3.46. The predicted molar refractivity (Wildman–Crippen MR) is 60.3 cm³/mol. The molecule has 0 amide bonds. The molecule has 15 heavy (non-hydrogen) atoms. The molecule has 1 aliphatic rings. The van der Waals surface area contributed by atoms with Crippen LogP contribution in [0, 0.1) is 5.41 Å². The van der Waals surface area contributed by atoms with E-state index in [1.54, 1.807) is 0 Å². The number of nitrogens with two attached hydrogens (primary N) is 1. The molecule has 2 rings (SSSR count). The number of aromatic nitrogens is 3. The number of nitrogen functional groups attached to an aromatic ring is 1. The summed E-state index contributed by atoms with van der Waals surface area (Å²) in [6.07, 6.45) is 2.11. The molecule has 1 aliphatic heterocycles. The Hall–Kier alpha value is -0.620. The first-order chi connectivity index (χ1) is 7.09. The van der Waals surface area contributed by atoms with Crippen LogP contribution in [0.5, 0.6) is 0 Å². The standard InChI is InChI=1S/C9H15BrN4O/c1-9(2-4-15-5-3-9)6-14-7(10)12-8(11)13-14/h2-6H2,1H3,(H2,11,13). The molecule has 6 heteroatoms. The van der Waals surface area contributed by atoms with Crippen molar-refractivity contribution >= 4 is 21.9 Å². The van der Waals surface area contributed by atoms with Gasteiger partial charge < -0.3 is 10.5 Å². The molecule has 84 valence electrons. The molecule has 0 spiro atoms. The zero-order valence-electron chi connectivity index (χ0n) is 8.74. The van der Waals surface area contributed by atoms with Gasteiger partial charge in [0, 0.05) is 19.8 Å². The van der Waals surface area contributed by atoms with E-state index < -0.39 is 0 Å². The van der Waals surface area contributed by atoms with Crippen LogP contribution in [0.15, 0.2) is 4.73 Å². The van der Waals surface area contributed by atoms with Gasteiger partial charge in [-0.2, -0.15) is 4.98 Å². The first-order valence-electron chi connectivity index (χ1n) is 5.03. The topological polar surface area (TPSA) is 66.0 Å². The highest BCUT2D eigenvalue weighted by Crippen LogP contribution is 2.32. The van der Waals surface area contributed by atoms with E-state index in [4.69, 9.17) is 10.5 Å². The highest BCUT2D eigenvalue weighted by molar-refractivity contribution is 9.10. The van der Waals surface area contributed by atoms with Gasteiger partial charge in [0.2, 0.25) is 5.95 Å². The Labute approximate surface area is 97.1 Å². The molecule has 1 aromatic rings. The van der Waals surface area contributed by atoms with E-state index in [0.29, 0.717) is 10.7 Å². The lowest BCUT2D eigenvalue weighted by atomic mass is 9.82. The van der Waals surface area contributed by atoms with Gasteiger partial charge in [-0.15, -0.1) is 5.10 Å². The van der Waals surface area contributed by atoms with Gasteiger partial charge in [0.05, 0.1) is 0 Å². The summed E-state index contributed by atoms with van der Waals surface area (Å²) >= 11 is 3.35. The average Bonchev–Trinajstić information content (AvgIpc) is 2.45. The first kappa shape index (κ1) is 10.9. The highest BCUT2D eigenvalue weighted by Gasteiger charge is 2.29. The van der Waals surface area contributed by atoms with E-state index in [9.17, 15) is 0 Å². The second-order valence-corrected chi connectivity index (χ2v) is 5.03. The normalized spacial score (nSPS) is 20.4. The largest absolute Gasteiger partial charge is 0.381 e. The number of hydrogen-bond acceptors (Lipinski definition) is 4. The maximum Gasteiger partial charge on any atom is 0.240 e. The second kappa shape index (κ2) is 4.09. The summed E-state index contributed by atoms with van der Waals surface area (Å²) < 4.78 is 7.88. The number of halogens is 1. The Bertz CT molecular complexity index is 346. The van der Waals surface area contributed by atoms with Crippen molar-refractivity contribution in [3.63, 3.8) is 0 Å². The number of nitrogens with zero attached hydrogens (tertiary/aromatic N) is 3. The van der Waals surface area contributed by atoms with E-state index >= 15 is 0 Å². The average molecular weight is 275 g/mol. The Morgan fingerprint density at radius 2 is 2.20 bits per heavy atom. The van der Waals surface area contributed by atoms with Crippen LogP contribution >= 0.6 is 15.9 Å². The number of anilines is 1. The highest BCUT2D eigenvalue weighted by atomic mass is 79.9. The van der Waals surface area contributed by atoms with E-state index in [1.165, 1.54) is 0 Å². The second-order valence-electron chi connectivity index (χ2n) is 4.32. The van der Waals surface area contributed by atoms with E-state index in [1.807, 2.05) is 4.68 Å². The monoisotopic (exact) mass is 274 g/mol. The summed E-state index contributed by atoms with van der Waals surface area (Å²) in [4.78, 5) is 4.02. The van der Waals surface area contributed by atoms with Crippen molar-refractivity contribution in [3.8, 4) is 0 Å². The molecule has 0 atom stereocenters. The van der Waals surface area contributed by atoms with Crippen molar-refractivity contribution in [1.29, 1.82) is 0 Å². The Kier molecular flexibility index (Phi) is 2.97. The van der Waals surface area contributed by atoms with Crippen molar-refractivity contribution in [2.75, 3.05) is 18.9 Å². The molecule has 5 nitrogen and oxygen atoms in total. The van der Waals surface area contributed by atoms with Crippen molar-refractivity contribution in [2.45, 2.75) is 26.3 Å². The molecule has 0 aromatic carbocycles. The predicted octanol–water partition coefficient (Wildman–Crippen LogP) is 1.44. The molecular formula is C9H15BrN4O. The smallest absolute Gasteiger partial charge is 0.240 e. The van der Waals surface area contributed by atoms with Crippen LogP contribution in [0.25, 0.3) is 0 Å². The van der Waals surface area contributed by atoms with Crippen LogP contribution in [0.2, 0.25) is 0 Å². The first-order valence-corrected chi connectivity index (χ1v) is 5.82. The lowest BCUT2D eigenvalue weighted by Crippen LogP contribution is -2.31. The van der Waals surface area contributed by atoms with E-state index in [2.05, 4.69) is 32.9 Å². The van der Waals surface area contributed by atoms with Gasteiger partial charge in [-0.3, -0.25) is 0 Å². The Morgan fingerprint density at radius 3 is 2.73 bits per heavy atom. The van der Waals surface area contributed by atoms with Crippen LogP contribution in [0.1, 0.15) is 19.8 Å². The van der Waals surface area contributed by atoms with Gasteiger partial charge in [0.1, 0.15) is 0 Å².